The Balaban J connectivity index is 1.68. The molecule has 6 nitrogen and oxygen atoms in total. The Hall–Kier alpha value is -1.28. The first kappa shape index (κ1) is 11.8. The molecular weight excluding hydrogens is 254 g/mol. The Kier molecular flexibility index (Phi) is 3.13. The molecule has 7 heteroatoms. The minimum absolute atomic E-state index is 0.435. The first-order chi connectivity index (χ1) is 8.72. The number of hydrogen-bond donors (Lipinski definition) is 2. The van der Waals surface area contributed by atoms with Crippen LogP contribution in [0.25, 0.3) is 10.8 Å². The van der Waals surface area contributed by atoms with Crippen LogP contribution in [0, 0.1) is 0 Å². The SMILES string of the molecule is OC1CN(Cc2noc(-c3cccs3)n2)CC1O. The van der Waals surface area contributed by atoms with Crippen LogP contribution in [-0.4, -0.2) is 50.6 Å². The number of rotatable bonds is 3. The van der Waals surface area contributed by atoms with E-state index in [1.807, 2.05) is 22.4 Å². The second kappa shape index (κ2) is 4.77. The van der Waals surface area contributed by atoms with Crippen molar-refractivity contribution in [1.82, 2.24) is 15.0 Å². The molecule has 1 aliphatic rings. The van der Waals surface area contributed by atoms with Crippen molar-refractivity contribution in [1.29, 1.82) is 0 Å². The van der Waals surface area contributed by atoms with Crippen LogP contribution in [0.1, 0.15) is 5.82 Å². The van der Waals surface area contributed by atoms with Gasteiger partial charge in [-0.2, -0.15) is 4.98 Å². The van der Waals surface area contributed by atoms with Gasteiger partial charge in [-0.05, 0) is 11.4 Å². The maximum absolute atomic E-state index is 9.45. The lowest BCUT2D eigenvalue weighted by atomic mass is 10.3. The molecule has 2 N–H and O–H groups in total. The molecule has 96 valence electrons. The summed E-state index contributed by atoms with van der Waals surface area (Å²) in [6.45, 7) is 1.34. The lowest BCUT2D eigenvalue weighted by molar-refractivity contribution is 0.0572. The number of hydrogen-bond acceptors (Lipinski definition) is 7. The van der Waals surface area contributed by atoms with Crippen molar-refractivity contribution >= 4 is 11.3 Å². The number of thiophene rings is 1. The molecule has 3 heterocycles. The second-order valence-electron chi connectivity index (χ2n) is 4.32. The van der Waals surface area contributed by atoms with Crippen molar-refractivity contribution in [3.8, 4) is 10.8 Å². The molecule has 0 saturated carbocycles. The monoisotopic (exact) mass is 267 g/mol. The van der Waals surface area contributed by atoms with Crippen molar-refractivity contribution in [2.45, 2.75) is 18.8 Å². The van der Waals surface area contributed by atoms with E-state index in [-0.39, 0.29) is 0 Å². The fourth-order valence-electron chi connectivity index (χ4n) is 1.99. The molecular formula is C11H13N3O3S. The van der Waals surface area contributed by atoms with Crippen LogP contribution >= 0.6 is 11.3 Å². The molecule has 2 aromatic rings. The van der Waals surface area contributed by atoms with Crippen LogP contribution in [-0.2, 0) is 6.54 Å². The second-order valence-corrected chi connectivity index (χ2v) is 5.27. The Bertz CT molecular complexity index is 503. The number of aromatic nitrogens is 2. The summed E-state index contributed by atoms with van der Waals surface area (Å²) in [5.41, 5.74) is 0. The predicted molar refractivity (Wildman–Crippen MR) is 64.9 cm³/mol. The molecule has 2 aromatic heterocycles. The van der Waals surface area contributed by atoms with Crippen molar-refractivity contribution < 1.29 is 14.7 Å². The van der Waals surface area contributed by atoms with E-state index in [0.717, 1.165) is 4.88 Å². The van der Waals surface area contributed by atoms with Crippen molar-refractivity contribution in [3.05, 3.63) is 23.3 Å². The molecule has 1 saturated heterocycles. The summed E-state index contributed by atoms with van der Waals surface area (Å²) in [7, 11) is 0. The minimum atomic E-state index is -0.686. The number of aliphatic hydroxyl groups excluding tert-OH is 2. The Morgan fingerprint density at radius 2 is 2.17 bits per heavy atom. The lowest BCUT2D eigenvalue weighted by Gasteiger charge is -2.10. The fraction of sp³-hybridized carbons (Fsp3) is 0.455. The van der Waals surface area contributed by atoms with Gasteiger partial charge in [0.15, 0.2) is 5.82 Å². The van der Waals surface area contributed by atoms with Gasteiger partial charge in [-0.15, -0.1) is 11.3 Å². The minimum Gasteiger partial charge on any atom is -0.389 e. The summed E-state index contributed by atoms with van der Waals surface area (Å²) >= 11 is 1.54. The molecule has 0 bridgehead atoms. The number of nitrogens with zero attached hydrogens (tertiary/aromatic N) is 3. The third-order valence-electron chi connectivity index (χ3n) is 2.90. The molecule has 2 unspecified atom stereocenters. The first-order valence-electron chi connectivity index (χ1n) is 5.67. The van der Waals surface area contributed by atoms with Crippen LogP contribution in [0.15, 0.2) is 22.0 Å². The van der Waals surface area contributed by atoms with Crippen LogP contribution in [0.3, 0.4) is 0 Å². The zero-order valence-corrected chi connectivity index (χ0v) is 10.4. The van der Waals surface area contributed by atoms with Gasteiger partial charge in [0.25, 0.3) is 5.89 Å². The quantitative estimate of drug-likeness (QED) is 0.834. The zero-order valence-electron chi connectivity index (χ0n) is 9.56. The van der Waals surface area contributed by atoms with E-state index in [9.17, 15) is 10.2 Å². The normalized spacial score (nSPS) is 24.8. The Morgan fingerprint density at radius 1 is 1.39 bits per heavy atom. The standard InChI is InChI=1S/C11H13N3O3S/c15-7-4-14(5-8(7)16)6-10-12-11(17-13-10)9-2-1-3-18-9/h1-3,7-8,15-16H,4-6H2. The van der Waals surface area contributed by atoms with Crippen LogP contribution in [0.2, 0.25) is 0 Å². The van der Waals surface area contributed by atoms with Gasteiger partial charge in [-0.3, -0.25) is 4.90 Å². The van der Waals surface area contributed by atoms with Gasteiger partial charge in [-0.1, -0.05) is 11.2 Å². The average molecular weight is 267 g/mol. The smallest absolute Gasteiger partial charge is 0.268 e. The first-order valence-corrected chi connectivity index (χ1v) is 6.55. The van der Waals surface area contributed by atoms with Crippen LogP contribution < -0.4 is 0 Å². The van der Waals surface area contributed by atoms with Gasteiger partial charge in [0, 0.05) is 13.1 Å². The highest BCUT2D eigenvalue weighted by Gasteiger charge is 2.30. The van der Waals surface area contributed by atoms with Gasteiger partial charge in [0.2, 0.25) is 0 Å². The van der Waals surface area contributed by atoms with Gasteiger partial charge in [-0.25, -0.2) is 0 Å². The predicted octanol–water partition coefficient (Wildman–Crippen LogP) is 0.335. The lowest BCUT2D eigenvalue weighted by Crippen LogP contribution is -2.22. The number of likely N-dealkylation sites (tertiary alicyclic amines) is 1. The molecule has 0 spiro atoms. The Morgan fingerprint density at radius 3 is 2.83 bits per heavy atom. The summed E-state index contributed by atoms with van der Waals surface area (Å²) in [4.78, 5) is 7.14. The summed E-state index contributed by atoms with van der Waals surface area (Å²) in [6.07, 6.45) is -1.37. The van der Waals surface area contributed by atoms with Gasteiger partial charge in [0.05, 0.1) is 23.6 Å². The van der Waals surface area contributed by atoms with Crippen molar-refractivity contribution in [2.75, 3.05) is 13.1 Å². The topological polar surface area (TPSA) is 82.6 Å². The van der Waals surface area contributed by atoms with E-state index >= 15 is 0 Å². The molecule has 0 amide bonds. The molecule has 2 atom stereocenters. The molecule has 1 aliphatic heterocycles. The highest BCUT2D eigenvalue weighted by Crippen LogP contribution is 2.23. The highest BCUT2D eigenvalue weighted by molar-refractivity contribution is 7.13. The largest absolute Gasteiger partial charge is 0.389 e. The Labute approximate surface area is 107 Å². The van der Waals surface area contributed by atoms with E-state index in [2.05, 4.69) is 10.1 Å². The summed E-state index contributed by atoms with van der Waals surface area (Å²) in [5.74, 6) is 1.08. The molecule has 18 heavy (non-hydrogen) atoms. The van der Waals surface area contributed by atoms with Gasteiger partial charge in [0.1, 0.15) is 0 Å². The summed E-state index contributed by atoms with van der Waals surface area (Å²) in [5, 5.41) is 24.7. The maximum Gasteiger partial charge on any atom is 0.268 e. The fourth-order valence-corrected chi connectivity index (χ4v) is 2.64. The van der Waals surface area contributed by atoms with Crippen LogP contribution in [0.4, 0.5) is 0 Å². The average Bonchev–Trinajstić information content (AvgIpc) is 3.02. The van der Waals surface area contributed by atoms with E-state index in [4.69, 9.17) is 4.52 Å². The van der Waals surface area contributed by atoms with E-state index < -0.39 is 12.2 Å². The van der Waals surface area contributed by atoms with E-state index in [1.165, 1.54) is 0 Å². The zero-order chi connectivity index (χ0) is 12.5. The molecule has 3 rings (SSSR count). The third-order valence-corrected chi connectivity index (χ3v) is 3.76. The molecule has 1 fully saturated rings. The summed E-state index contributed by atoms with van der Waals surface area (Å²) in [6, 6.07) is 3.85. The van der Waals surface area contributed by atoms with E-state index in [0.29, 0.717) is 31.3 Å². The highest BCUT2D eigenvalue weighted by atomic mass is 32.1. The molecule has 0 radical (unpaired) electrons. The van der Waals surface area contributed by atoms with Gasteiger partial charge < -0.3 is 14.7 Å². The molecule has 0 aliphatic carbocycles. The van der Waals surface area contributed by atoms with Crippen molar-refractivity contribution in [3.63, 3.8) is 0 Å². The number of β-amino-alcohol motifs (C(OH)–C–C–N with tert-alkyl or cyclic N) is 2. The van der Waals surface area contributed by atoms with Gasteiger partial charge >= 0.3 is 0 Å². The maximum atomic E-state index is 9.45. The van der Waals surface area contributed by atoms with Crippen molar-refractivity contribution in [2.24, 2.45) is 0 Å². The summed E-state index contributed by atoms with van der Waals surface area (Å²) < 4.78 is 5.17. The third kappa shape index (κ3) is 2.30. The number of aliphatic hydroxyl groups is 2. The van der Waals surface area contributed by atoms with E-state index in [1.54, 1.807) is 11.3 Å². The molecule has 0 aromatic carbocycles. The van der Waals surface area contributed by atoms with Crippen LogP contribution in [0.5, 0.6) is 0 Å².